The number of hydrogen-bond donors (Lipinski definition) is 0. The van der Waals surface area contributed by atoms with Gasteiger partial charge in [-0.05, 0) is 24.1 Å². The average molecular weight is 253 g/mol. The van der Waals surface area contributed by atoms with Crippen LogP contribution in [0.3, 0.4) is 0 Å². The van der Waals surface area contributed by atoms with Gasteiger partial charge in [-0.25, -0.2) is 0 Å². The van der Waals surface area contributed by atoms with Crippen LogP contribution < -0.4 is 4.90 Å². The van der Waals surface area contributed by atoms with Crippen LogP contribution in [0, 0.1) is 0 Å². The molecule has 2 rings (SSSR count). The van der Waals surface area contributed by atoms with E-state index in [0.29, 0.717) is 0 Å². The van der Waals surface area contributed by atoms with Crippen molar-refractivity contribution in [3.63, 3.8) is 0 Å². The third kappa shape index (κ3) is 3.36. The summed E-state index contributed by atoms with van der Waals surface area (Å²) in [6.07, 6.45) is 1.11. The molecule has 1 saturated heterocycles. The lowest BCUT2D eigenvalue weighted by molar-refractivity contribution is 0.272. The quantitative estimate of drug-likeness (QED) is 0.761. The maximum atomic E-state index is 5.77. The molecule has 1 aliphatic heterocycles. The maximum Gasteiger partial charge on any atom is 0.0367 e. The van der Waals surface area contributed by atoms with Crippen molar-refractivity contribution in [2.45, 2.75) is 13.3 Å². The zero-order valence-electron chi connectivity index (χ0n) is 10.5. The molecular weight excluding hydrogens is 232 g/mol. The predicted molar refractivity (Wildman–Crippen MR) is 75.2 cm³/mol. The highest BCUT2D eigenvalue weighted by molar-refractivity contribution is 6.18. The van der Waals surface area contributed by atoms with Gasteiger partial charge in [0.2, 0.25) is 0 Å². The number of rotatable bonds is 4. The summed E-state index contributed by atoms with van der Waals surface area (Å²) in [6, 6.07) is 8.97. The van der Waals surface area contributed by atoms with Crippen molar-refractivity contribution in [2.24, 2.45) is 0 Å². The van der Waals surface area contributed by atoms with Crippen LogP contribution in [-0.4, -0.2) is 43.5 Å². The van der Waals surface area contributed by atoms with E-state index in [1.807, 2.05) is 0 Å². The summed E-state index contributed by atoms with van der Waals surface area (Å²) in [5.74, 6) is 0.741. The number of nitrogens with zero attached hydrogens (tertiary/aromatic N) is 2. The highest BCUT2D eigenvalue weighted by Gasteiger charge is 2.16. The Morgan fingerprint density at radius 2 is 1.71 bits per heavy atom. The van der Waals surface area contributed by atoms with Gasteiger partial charge in [0.05, 0.1) is 0 Å². The highest BCUT2D eigenvalue weighted by atomic mass is 35.5. The van der Waals surface area contributed by atoms with Gasteiger partial charge in [-0.15, -0.1) is 11.6 Å². The van der Waals surface area contributed by atoms with E-state index in [-0.39, 0.29) is 0 Å². The number of hydrogen-bond acceptors (Lipinski definition) is 2. The Kier molecular flexibility index (Phi) is 4.69. The Balaban J connectivity index is 1.91. The molecule has 17 heavy (non-hydrogen) atoms. The van der Waals surface area contributed by atoms with Gasteiger partial charge in [0.15, 0.2) is 0 Å². The van der Waals surface area contributed by atoms with E-state index in [9.17, 15) is 0 Å². The molecule has 0 unspecified atom stereocenters. The van der Waals surface area contributed by atoms with Crippen molar-refractivity contribution >= 4 is 17.3 Å². The molecule has 2 nitrogen and oxygen atoms in total. The number of halogens is 1. The lowest BCUT2D eigenvalue weighted by Gasteiger charge is -2.35. The Labute approximate surface area is 109 Å². The Morgan fingerprint density at radius 1 is 1.06 bits per heavy atom. The molecule has 3 heteroatoms. The molecule has 1 aromatic carbocycles. The number of alkyl halides is 1. The third-order valence-corrected chi connectivity index (χ3v) is 3.65. The van der Waals surface area contributed by atoms with E-state index in [0.717, 1.165) is 45.0 Å². The fourth-order valence-electron chi connectivity index (χ4n) is 2.29. The Hall–Kier alpha value is -0.730. The van der Waals surface area contributed by atoms with Crippen LogP contribution in [0.2, 0.25) is 0 Å². The molecule has 1 fully saturated rings. The van der Waals surface area contributed by atoms with E-state index in [2.05, 4.69) is 41.0 Å². The molecule has 1 aliphatic rings. The van der Waals surface area contributed by atoms with Crippen LogP contribution in [0.25, 0.3) is 0 Å². The summed E-state index contributed by atoms with van der Waals surface area (Å²) in [5.41, 5.74) is 2.77. The summed E-state index contributed by atoms with van der Waals surface area (Å²) in [4.78, 5) is 4.90. The molecule has 94 valence electrons. The van der Waals surface area contributed by atoms with Crippen molar-refractivity contribution in [2.75, 3.05) is 43.5 Å². The van der Waals surface area contributed by atoms with Gasteiger partial charge >= 0.3 is 0 Å². The lowest BCUT2D eigenvalue weighted by Crippen LogP contribution is -2.46. The first kappa shape index (κ1) is 12.7. The summed E-state index contributed by atoms with van der Waals surface area (Å²) >= 11 is 5.77. The first-order valence-corrected chi connectivity index (χ1v) is 6.99. The van der Waals surface area contributed by atoms with Crippen LogP contribution in [0.4, 0.5) is 5.69 Å². The van der Waals surface area contributed by atoms with E-state index in [1.54, 1.807) is 0 Å². The minimum Gasteiger partial charge on any atom is -0.369 e. The lowest BCUT2D eigenvalue weighted by atomic mass is 10.1. The van der Waals surface area contributed by atoms with Crippen molar-refractivity contribution in [1.29, 1.82) is 0 Å². The summed E-state index contributed by atoms with van der Waals surface area (Å²) in [6.45, 7) is 7.69. The number of piperazine rings is 1. The third-order valence-electron chi connectivity index (χ3n) is 3.48. The highest BCUT2D eigenvalue weighted by Crippen LogP contribution is 2.17. The van der Waals surface area contributed by atoms with Gasteiger partial charge in [-0.1, -0.05) is 19.1 Å². The standard InChI is InChI=1S/C14H21ClN2/c1-2-13-3-5-14(6-4-13)17-11-9-16(8-7-15)10-12-17/h3-6H,2,7-12H2,1H3. The summed E-state index contributed by atoms with van der Waals surface area (Å²) < 4.78 is 0. The maximum absolute atomic E-state index is 5.77. The molecule has 0 spiro atoms. The SMILES string of the molecule is CCc1ccc(N2CCN(CCCl)CC2)cc1. The first-order valence-electron chi connectivity index (χ1n) is 6.45. The zero-order chi connectivity index (χ0) is 12.1. The molecule has 1 aromatic rings. The van der Waals surface area contributed by atoms with E-state index < -0.39 is 0 Å². The minimum atomic E-state index is 0.741. The molecule has 0 saturated carbocycles. The van der Waals surface area contributed by atoms with Crippen LogP contribution in [-0.2, 0) is 6.42 Å². The topological polar surface area (TPSA) is 6.48 Å². The summed E-state index contributed by atoms with van der Waals surface area (Å²) in [7, 11) is 0. The van der Waals surface area contributed by atoms with E-state index in [1.165, 1.54) is 11.3 Å². The molecule has 1 heterocycles. The normalized spacial score (nSPS) is 17.4. The van der Waals surface area contributed by atoms with Crippen molar-refractivity contribution in [3.05, 3.63) is 29.8 Å². The summed E-state index contributed by atoms with van der Waals surface area (Å²) in [5, 5.41) is 0. The fraction of sp³-hybridized carbons (Fsp3) is 0.571. The van der Waals surface area contributed by atoms with Gasteiger partial charge in [-0.2, -0.15) is 0 Å². The molecular formula is C14H21ClN2. The number of anilines is 1. The largest absolute Gasteiger partial charge is 0.369 e. The van der Waals surface area contributed by atoms with Gasteiger partial charge in [-0.3, -0.25) is 4.90 Å². The van der Waals surface area contributed by atoms with Crippen LogP contribution in [0.5, 0.6) is 0 Å². The van der Waals surface area contributed by atoms with Gasteiger partial charge in [0.1, 0.15) is 0 Å². The average Bonchev–Trinajstić information content (AvgIpc) is 2.40. The van der Waals surface area contributed by atoms with Crippen molar-refractivity contribution in [1.82, 2.24) is 4.90 Å². The zero-order valence-corrected chi connectivity index (χ0v) is 11.3. The molecule has 0 amide bonds. The van der Waals surface area contributed by atoms with Crippen molar-refractivity contribution < 1.29 is 0 Å². The molecule has 0 aliphatic carbocycles. The Morgan fingerprint density at radius 3 is 2.24 bits per heavy atom. The fourth-order valence-corrected chi connectivity index (χ4v) is 2.53. The first-order chi connectivity index (χ1) is 8.33. The molecule has 0 bridgehead atoms. The van der Waals surface area contributed by atoms with Crippen LogP contribution in [0.1, 0.15) is 12.5 Å². The monoisotopic (exact) mass is 252 g/mol. The predicted octanol–water partition coefficient (Wildman–Crippen LogP) is 2.61. The molecule has 0 N–H and O–H groups in total. The number of benzene rings is 1. The van der Waals surface area contributed by atoms with Crippen molar-refractivity contribution in [3.8, 4) is 0 Å². The molecule has 0 atom stereocenters. The molecule has 0 aromatic heterocycles. The molecule has 0 radical (unpaired) electrons. The smallest absolute Gasteiger partial charge is 0.0367 e. The van der Waals surface area contributed by atoms with Crippen LogP contribution in [0.15, 0.2) is 24.3 Å². The van der Waals surface area contributed by atoms with Crippen LogP contribution >= 0.6 is 11.6 Å². The van der Waals surface area contributed by atoms with Gasteiger partial charge in [0.25, 0.3) is 0 Å². The van der Waals surface area contributed by atoms with E-state index >= 15 is 0 Å². The second kappa shape index (κ2) is 6.27. The second-order valence-electron chi connectivity index (χ2n) is 4.54. The minimum absolute atomic E-state index is 0.741. The Bertz CT molecular complexity index is 329. The van der Waals surface area contributed by atoms with Gasteiger partial charge in [0, 0.05) is 44.3 Å². The van der Waals surface area contributed by atoms with E-state index in [4.69, 9.17) is 11.6 Å². The van der Waals surface area contributed by atoms with Gasteiger partial charge < -0.3 is 4.90 Å². The second-order valence-corrected chi connectivity index (χ2v) is 4.92. The number of aryl methyl sites for hydroxylation is 1.